The monoisotopic (exact) mass is 354 g/mol. The van der Waals surface area contributed by atoms with E-state index in [1.165, 1.54) is 16.6 Å². The number of likely N-dealkylation sites (tertiary alicyclic amines) is 1. The van der Waals surface area contributed by atoms with E-state index in [1.807, 2.05) is 17.0 Å². The standard InChI is InChI=1S/C20H26N4O2/c1-15-14-16-4-2-3-5-17(16)24(15)13-10-21-19(26)23-11-8-20(9-12-23)7-6-18(25)22-20/h2-5,14H,6-13H2,1H3,(H,21,26)(H,22,25). The molecule has 138 valence electrons. The molecule has 1 aromatic carbocycles. The summed E-state index contributed by atoms with van der Waals surface area (Å²) in [7, 11) is 0. The van der Waals surface area contributed by atoms with Gasteiger partial charge in [-0.15, -0.1) is 0 Å². The second kappa shape index (κ2) is 6.67. The number of rotatable bonds is 3. The van der Waals surface area contributed by atoms with Gasteiger partial charge in [-0.05, 0) is 43.7 Å². The Bertz CT molecular complexity index is 833. The summed E-state index contributed by atoms with van der Waals surface area (Å²) in [6.45, 7) is 4.88. The minimum atomic E-state index is -0.0605. The van der Waals surface area contributed by atoms with Crippen LogP contribution < -0.4 is 10.6 Å². The first-order valence-corrected chi connectivity index (χ1v) is 9.45. The van der Waals surface area contributed by atoms with E-state index in [2.05, 4.69) is 40.3 Å². The van der Waals surface area contributed by atoms with E-state index in [1.54, 1.807) is 0 Å². The highest BCUT2D eigenvalue weighted by Crippen LogP contribution is 2.31. The molecule has 2 aliphatic heterocycles. The maximum Gasteiger partial charge on any atom is 0.317 e. The fourth-order valence-corrected chi connectivity index (χ4v) is 4.32. The third kappa shape index (κ3) is 3.16. The quantitative estimate of drug-likeness (QED) is 0.889. The van der Waals surface area contributed by atoms with Gasteiger partial charge in [-0.2, -0.15) is 0 Å². The molecule has 0 saturated carbocycles. The Balaban J connectivity index is 1.29. The summed E-state index contributed by atoms with van der Waals surface area (Å²) >= 11 is 0. The van der Waals surface area contributed by atoms with Gasteiger partial charge in [-0.25, -0.2) is 4.79 Å². The van der Waals surface area contributed by atoms with Crippen molar-refractivity contribution in [1.29, 1.82) is 0 Å². The summed E-state index contributed by atoms with van der Waals surface area (Å²) < 4.78 is 2.24. The summed E-state index contributed by atoms with van der Waals surface area (Å²) in [4.78, 5) is 25.8. The molecule has 1 spiro atoms. The molecule has 26 heavy (non-hydrogen) atoms. The zero-order valence-electron chi connectivity index (χ0n) is 15.3. The van der Waals surface area contributed by atoms with Crippen LogP contribution >= 0.6 is 0 Å². The molecule has 0 unspecified atom stereocenters. The highest BCUT2D eigenvalue weighted by molar-refractivity contribution is 5.81. The van der Waals surface area contributed by atoms with Crippen LogP contribution in [0.1, 0.15) is 31.4 Å². The molecule has 2 N–H and O–H groups in total. The number of benzene rings is 1. The number of aromatic nitrogens is 1. The second-order valence-corrected chi connectivity index (χ2v) is 7.54. The van der Waals surface area contributed by atoms with E-state index in [4.69, 9.17) is 0 Å². The number of hydrogen-bond acceptors (Lipinski definition) is 2. The third-order valence-electron chi connectivity index (χ3n) is 5.87. The molecule has 4 rings (SSSR count). The molecule has 3 heterocycles. The molecule has 2 aliphatic rings. The average Bonchev–Trinajstić information content (AvgIpc) is 3.15. The lowest BCUT2D eigenvalue weighted by Gasteiger charge is -2.39. The van der Waals surface area contributed by atoms with Crippen LogP contribution in [-0.4, -0.2) is 46.6 Å². The van der Waals surface area contributed by atoms with Gasteiger partial charge in [-0.3, -0.25) is 4.79 Å². The van der Waals surface area contributed by atoms with Crippen molar-refractivity contribution in [3.63, 3.8) is 0 Å². The summed E-state index contributed by atoms with van der Waals surface area (Å²) in [6, 6.07) is 10.5. The predicted octanol–water partition coefficient (Wildman–Crippen LogP) is 2.40. The van der Waals surface area contributed by atoms with Crippen molar-refractivity contribution in [2.75, 3.05) is 19.6 Å². The third-order valence-corrected chi connectivity index (χ3v) is 5.87. The minimum absolute atomic E-state index is 0.00158. The number of nitrogens with zero attached hydrogens (tertiary/aromatic N) is 2. The summed E-state index contributed by atoms with van der Waals surface area (Å²) in [5.41, 5.74) is 2.35. The molecule has 0 aliphatic carbocycles. The van der Waals surface area contributed by atoms with Crippen molar-refractivity contribution in [3.05, 3.63) is 36.0 Å². The maximum atomic E-state index is 12.5. The molecule has 1 aromatic heterocycles. The van der Waals surface area contributed by atoms with E-state index in [0.29, 0.717) is 26.1 Å². The Hall–Kier alpha value is -2.50. The Morgan fingerprint density at radius 2 is 2.00 bits per heavy atom. The maximum absolute atomic E-state index is 12.5. The van der Waals surface area contributed by atoms with Gasteiger partial charge in [0.05, 0.1) is 0 Å². The fraction of sp³-hybridized carbons (Fsp3) is 0.500. The van der Waals surface area contributed by atoms with Gasteiger partial charge >= 0.3 is 6.03 Å². The lowest BCUT2D eigenvalue weighted by Crippen LogP contribution is -2.54. The van der Waals surface area contributed by atoms with Crippen molar-refractivity contribution in [3.8, 4) is 0 Å². The molecule has 2 aromatic rings. The number of urea groups is 1. The Morgan fingerprint density at radius 3 is 2.73 bits per heavy atom. The average molecular weight is 354 g/mol. The molecule has 6 nitrogen and oxygen atoms in total. The molecule has 6 heteroatoms. The number of carbonyl (C=O) groups excluding carboxylic acids is 2. The van der Waals surface area contributed by atoms with Crippen LogP contribution in [0, 0.1) is 6.92 Å². The number of nitrogens with one attached hydrogen (secondary N) is 2. The molecule has 0 atom stereocenters. The van der Waals surface area contributed by atoms with Gasteiger partial charge in [0, 0.05) is 49.3 Å². The molecule has 0 bridgehead atoms. The minimum Gasteiger partial charge on any atom is -0.351 e. The molecule has 3 amide bonds. The number of fused-ring (bicyclic) bond motifs is 1. The first kappa shape index (κ1) is 16.9. The Labute approximate surface area is 153 Å². The zero-order valence-corrected chi connectivity index (χ0v) is 15.3. The highest BCUT2D eigenvalue weighted by Gasteiger charge is 2.40. The largest absolute Gasteiger partial charge is 0.351 e. The van der Waals surface area contributed by atoms with Crippen molar-refractivity contribution < 1.29 is 9.59 Å². The number of carbonyl (C=O) groups is 2. The topological polar surface area (TPSA) is 66.4 Å². The van der Waals surface area contributed by atoms with Crippen LogP contribution in [0.4, 0.5) is 4.79 Å². The fourth-order valence-electron chi connectivity index (χ4n) is 4.32. The van der Waals surface area contributed by atoms with Crippen LogP contribution in [-0.2, 0) is 11.3 Å². The smallest absolute Gasteiger partial charge is 0.317 e. The van der Waals surface area contributed by atoms with Crippen molar-refractivity contribution in [2.24, 2.45) is 0 Å². The normalized spacial score (nSPS) is 19.1. The number of hydrogen-bond donors (Lipinski definition) is 2. The van der Waals surface area contributed by atoms with Crippen LogP contribution in [0.15, 0.2) is 30.3 Å². The summed E-state index contributed by atoms with van der Waals surface area (Å²) in [6.07, 6.45) is 3.23. The summed E-state index contributed by atoms with van der Waals surface area (Å²) in [5, 5.41) is 7.39. The first-order valence-electron chi connectivity index (χ1n) is 9.45. The van der Waals surface area contributed by atoms with E-state index in [0.717, 1.165) is 25.8 Å². The van der Waals surface area contributed by atoms with Gasteiger partial charge in [0.15, 0.2) is 0 Å². The molecule has 2 saturated heterocycles. The SMILES string of the molecule is Cc1cc2ccccc2n1CCNC(=O)N1CCC2(CCC(=O)N2)CC1. The molecular weight excluding hydrogens is 328 g/mol. The molecule has 0 radical (unpaired) electrons. The van der Waals surface area contributed by atoms with E-state index < -0.39 is 0 Å². The van der Waals surface area contributed by atoms with Crippen LogP contribution in [0.2, 0.25) is 0 Å². The molecular formula is C20H26N4O2. The van der Waals surface area contributed by atoms with Gasteiger partial charge < -0.3 is 20.1 Å². The molecule has 2 fully saturated rings. The van der Waals surface area contributed by atoms with Crippen molar-refractivity contribution in [2.45, 2.75) is 44.7 Å². The Kier molecular flexibility index (Phi) is 4.34. The van der Waals surface area contributed by atoms with Crippen LogP contribution in [0.5, 0.6) is 0 Å². The lowest BCUT2D eigenvalue weighted by molar-refractivity contribution is -0.120. The summed E-state index contributed by atoms with van der Waals surface area (Å²) in [5.74, 6) is 0.150. The van der Waals surface area contributed by atoms with E-state index in [-0.39, 0.29) is 17.5 Å². The van der Waals surface area contributed by atoms with E-state index >= 15 is 0 Å². The van der Waals surface area contributed by atoms with E-state index in [9.17, 15) is 9.59 Å². The first-order chi connectivity index (χ1) is 12.6. The predicted molar refractivity (Wildman–Crippen MR) is 101 cm³/mol. The Morgan fingerprint density at radius 1 is 1.23 bits per heavy atom. The van der Waals surface area contributed by atoms with Gasteiger partial charge in [0.1, 0.15) is 0 Å². The number of para-hydroxylation sites is 1. The number of piperidine rings is 1. The van der Waals surface area contributed by atoms with Crippen LogP contribution in [0.25, 0.3) is 10.9 Å². The zero-order chi connectivity index (χ0) is 18.1. The van der Waals surface area contributed by atoms with Crippen molar-refractivity contribution in [1.82, 2.24) is 20.1 Å². The van der Waals surface area contributed by atoms with Crippen LogP contribution in [0.3, 0.4) is 0 Å². The number of aryl methyl sites for hydroxylation is 1. The van der Waals surface area contributed by atoms with Gasteiger partial charge in [0.2, 0.25) is 5.91 Å². The lowest BCUT2D eigenvalue weighted by atomic mass is 9.86. The number of amides is 3. The second-order valence-electron chi connectivity index (χ2n) is 7.54. The van der Waals surface area contributed by atoms with Gasteiger partial charge in [-0.1, -0.05) is 18.2 Å². The highest BCUT2D eigenvalue weighted by atomic mass is 16.2. The van der Waals surface area contributed by atoms with Crippen molar-refractivity contribution >= 4 is 22.8 Å². The van der Waals surface area contributed by atoms with Gasteiger partial charge in [0.25, 0.3) is 0 Å².